The minimum absolute atomic E-state index is 0.141. The third-order valence-corrected chi connectivity index (χ3v) is 3.94. The number of rotatable bonds is 3. The fourth-order valence-corrected chi connectivity index (χ4v) is 2.55. The quantitative estimate of drug-likeness (QED) is 0.676. The number of nitrogens with zero attached hydrogens (tertiary/aromatic N) is 1. The molecule has 5 nitrogen and oxygen atoms in total. The topological polar surface area (TPSA) is 72.6 Å². The number of likely N-dealkylation sites (tertiary alicyclic amines) is 1. The average molecular weight is 341 g/mol. The molecular formula is C14H17BrN2O3. The molecule has 1 saturated heterocycles. The molecule has 6 heteroatoms. The molecule has 0 atom stereocenters. The molecule has 0 bridgehead atoms. The Morgan fingerprint density at radius 3 is 2.65 bits per heavy atom. The van der Waals surface area contributed by atoms with Crippen LogP contribution >= 0.6 is 15.9 Å². The van der Waals surface area contributed by atoms with Crippen LogP contribution in [0.4, 0.5) is 5.69 Å². The van der Waals surface area contributed by atoms with E-state index in [-0.39, 0.29) is 12.5 Å². The molecule has 2 N–H and O–H groups in total. The Bertz CT molecular complexity index is 513. The van der Waals surface area contributed by atoms with Crippen molar-refractivity contribution in [2.75, 3.05) is 25.4 Å². The molecule has 1 amide bonds. The summed E-state index contributed by atoms with van der Waals surface area (Å²) in [6.07, 6.45) is 3.18. The van der Waals surface area contributed by atoms with E-state index in [0.29, 0.717) is 15.7 Å². The van der Waals surface area contributed by atoms with Crippen molar-refractivity contribution in [2.24, 2.45) is 0 Å². The molecule has 1 aromatic rings. The maximum Gasteiger partial charge on any atom is 0.339 e. The van der Waals surface area contributed by atoms with Crippen LogP contribution < -0.4 is 5.73 Å². The van der Waals surface area contributed by atoms with Crippen molar-refractivity contribution in [3.63, 3.8) is 0 Å². The largest absolute Gasteiger partial charge is 0.452 e. The van der Waals surface area contributed by atoms with Crippen molar-refractivity contribution in [2.45, 2.75) is 19.3 Å². The molecule has 0 saturated carbocycles. The summed E-state index contributed by atoms with van der Waals surface area (Å²) in [5.41, 5.74) is 6.44. The van der Waals surface area contributed by atoms with Crippen LogP contribution in [0, 0.1) is 0 Å². The molecule has 1 aliphatic rings. The number of carbonyl (C=O) groups excluding carboxylic acids is 2. The second kappa shape index (κ2) is 6.74. The van der Waals surface area contributed by atoms with Gasteiger partial charge in [0.1, 0.15) is 0 Å². The van der Waals surface area contributed by atoms with Gasteiger partial charge in [0.05, 0.1) is 5.56 Å². The number of esters is 1. The fourth-order valence-electron chi connectivity index (χ4n) is 2.14. The molecule has 0 radical (unpaired) electrons. The lowest BCUT2D eigenvalue weighted by atomic mass is 10.1. The zero-order valence-corrected chi connectivity index (χ0v) is 12.7. The van der Waals surface area contributed by atoms with Gasteiger partial charge in [-0.25, -0.2) is 4.79 Å². The van der Waals surface area contributed by atoms with Crippen molar-refractivity contribution in [1.82, 2.24) is 4.90 Å². The standard InChI is InChI=1S/C14H17BrN2O3/c15-12-5-4-10(16)8-11(12)14(19)20-9-13(18)17-6-2-1-3-7-17/h4-5,8H,1-3,6-7,9,16H2. The third-order valence-electron chi connectivity index (χ3n) is 3.25. The summed E-state index contributed by atoms with van der Waals surface area (Å²) in [7, 11) is 0. The van der Waals surface area contributed by atoms with E-state index >= 15 is 0 Å². The molecule has 0 aromatic heterocycles. The second-order valence-electron chi connectivity index (χ2n) is 4.76. The Hall–Kier alpha value is -1.56. The van der Waals surface area contributed by atoms with Crippen LogP contribution in [0.15, 0.2) is 22.7 Å². The first-order valence-corrected chi connectivity index (χ1v) is 7.37. The maximum absolute atomic E-state index is 11.9. The van der Waals surface area contributed by atoms with Crippen LogP contribution in [0.1, 0.15) is 29.6 Å². The highest BCUT2D eigenvalue weighted by Crippen LogP contribution is 2.20. The highest BCUT2D eigenvalue weighted by atomic mass is 79.9. The SMILES string of the molecule is Nc1ccc(Br)c(C(=O)OCC(=O)N2CCCCC2)c1. The zero-order valence-electron chi connectivity index (χ0n) is 11.1. The minimum atomic E-state index is -0.547. The number of ether oxygens (including phenoxy) is 1. The van der Waals surface area contributed by atoms with E-state index in [1.54, 1.807) is 17.0 Å². The van der Waals surface area contributed by atoms with E-state index in [0.717, 1.165) is 32.4 Å². The molecule has 108 valence electrons. The summed E-state index contributed by atoms with van der Waals surface area (Å²) >= 11 is 3.26. The Morgan fingerprint density at radius 1 is 1.25 bits per heavy atom. The van der Waals surface area contributed by atoms with E-state index in [2.05, 4.69) is 15.9 Å². The lowest BCUT2D eigenvalue weighted by Gasteiger charge is -2.26. The smallest absolute Gasteiger partial charge is 0.339 e. The van der Waals surface area contributed by atoms with Gasteiger partial charge in [0.25, 0.3) is 5.91 Å². The predicted octanol–water partition coefficient (Wildman–Crippen LogP) is 2.20. The normalized spacial score (nSPS) is 14.9. The Balaban J connectivity index is 1.91. The third kappa shape index (κ3) is 3.72. The number of anilines is 1. The van der Waals surface area contributed by atoms with Gasteiger partial charge in [-0.05, 0) is 53.4 Å². The molecule has 2 rings (SSSR count). The van der Waals surface area contributed by atoms with Gasteiger partial charge in [-0.2, -0.15) is 0 Å². The van der Waals surface area contributed by atoms with Gasteiger partial charge in [-0.1, -0.05) is 0 Å². The summed E-state index contributed by atoms with van der Waals surface area (Å²) in [5.74, 6) is -0.687. The average Bonchev–Trinajstić information content (AvgIpc) is 2.47. The number of nitrogen functional groups attached to an aromatic ring is 1. The van der Waals surface area contributed by atoms with Gasteiger partial charge in [-0.15, -0.1) is 0 Å². The molecule has 1 fully saturated rings. The van der Waals surface area contributed by atoms with E-state index < -0.39 is 5.97 Å². The van der Waals surface area contributed by atoms with Gasteiger partial charge in [0, 0.05) is 23.2 Å². The lowest BCUT2D eigenvalue weighted by Crippen LogP contribution is -2.38. The first-order chi connectivity index (χ1) is 9.58. The molecular weight excluding hydrogens is 324 g/mol. The zero-order chi connectivity index (χ0) is 14.5. The van der Waals surface area contributed by atoms with Gasteiger partial charge in [0.15, 0.2) is 6.61 Å². The molecule has 0 aliphatic carbocycles. The van der Waals surface area contributed by atoms with Crippen LogP contribution in [0.2, 0.25) is 0 Å². The van der Waals surface area contributed by atoms with Crippen LogP contribution in [-0.2, 0) is 9.53 Å². The Morgan fingerprint density at radius 2 is 1.95 bits per heavy atom. The molecule has 0 unspecified atom stereocenters. The molecule has 0 spiro atoms. The van der Waals surface area contributed by atoms with E-state index in [1.807, 2.05) is 0 Å². The van der Waals surface area contributed by atoms with Crippen LogP contribution in [0.25, 0.3) is 0 Å². The number of benzene rings is 1. The van der Waals surface area contributed by atoms with Gasteiger partial charge in [0.2, 0.25) is 0 Å². The van der Waals surface area contributed by atoms with E-state index in [4.69, 9.17) is 10.5 Å². The summed E-state index contributed by atoms with van der Waals surface area (Å²) in [6, 6.07) is 4.88. The highest BCUT2D eigenvalue weighted by Gasteiger charge is 2.19. The summed E-state index contributed by atoms with van der Waals surface area (Å²) in [5, 5.41) is 0. The number of hydrogen-bond donors (Lipinski definition) is 1. The first kappa shape index (κ1) is 14.8. The Kier molecular flexibility index (Phi) is 5.00. The van der Waals surface area contributed by atoms with Crippen molar-refractivity contribution < 1.29 is 14.3 Å². The van der Waals surface area contributed by atoms with Gasteiger partial charge < -0.3 is 15.4 Å². The summed E-state index contributed by atoms with van der Waals surface area (Å²) in [4.78, 5) is 25.6. The molecule has 1 heterocycles. The first-order valence-electron chi connectivity index (χ1n) is 6.58. The fraction of sp³-hybridized carbons (Fsp3) is 0.429. The van der Waals surface area contributed by atoms with Crippen LogP contribution in [0.3, 0.4) is 0 Å². The lowest BCUT2D eigenvalue weighted by molar-refractivity contribution is -0.135. The Labute approximate surface area is 126 Å². The molecule has 20 heavy (non-hydrogen) atoms. The predicted molar refractivity (Wildman–Crippen MR) is 79.3 cm³/mol. The maximum atomic E-state index is 11.9. The number of nitrogens with two attached hydrogens (primary N) is 1. The summed E-state index contributed by atoms with van der Waals surface area (Å²) < 4.78 is 5.66. The molecule has 1 aromatic carbocycles. The van der Waals surface area contributed by atoms with Crippen molar-refractivity contribution in [3.8, 4) is 0 Å². The number of carbonyl (C=O) groups is 2. The van der Waals surface area contributed by atoms with E-state index in [1.165, 1.54) is 6.07 Å². The van der Waals surface area contributed by atoms with Gasteiger partial charge in [-0.3, -0.25) is 4.79 Å². The highest BCUT2D eigenvalue weighted by molar-refractivity contribution is 9.10. The van der Waals surface area contributed by atoms with E-state index in [9.17, 15) is 9.59 Å². The summed E-state index contributed by atoms with van der Waals surface area (Å²) in [6.45, 7) is 1.27. The van der Waals surface area contributed by atoms with Crippen molar-refractivity contribution >= 4 is 33.5 Å². The number of hydrogen-bond acceptors (Lipinski definition) is 4. The number of amides is 1. The number of piperidine rings is 1. The van der Waals surface area contributed by atoms with Gasteiger partial charge >= 0.3 is 5.97 Å². The van der Waals surface area contributed by atoms with Crippen molar-refractivity contribution in [3.05, 3.63) is 28.2 Å². The monoisotopic (exact) mass is 340 g/mol. The molecule has 1 aliphatic heterocycles. The number of halogens is 1. The van der Waals surface area contributed by atoms with Crippen LogP contribution in [-0.4, -0.2) is 36.5 Å². The second-order valence-corrected chi connectivity index (χ2v) is 5.61. The van der Waals surface area contributed by atoms with Crippen LogP contribution in [0.5, 0.6) is 0 Å². The van der Waals surface area contributed by atoms with Crippen molar-refractivity contribution in [1.29, 1.82) is 0 Å². The minimum Gasteiger partial charge on any atom is -0.452 e.